The maximum absolute atomic E-state index is 13.1. The first-order valence-electron chi connectivity index (χ1n) is 9.47. The molecular weight excluding hydrogens is 361 g/mol. The molecule has 0 aliphatic heterocycles. The van der Waals surface area contributed by atoms with Gasteiger partial charge < -0.3 is 4.74 Å². The van der Waals surface area contributed by atoms with E-state index in [9.17, 15) is 4.39 Å². The van der Waals surface area contributed by atoms with Crippen molar-refractivity contribution in [2.75, 3.05) is 6.61 Å². The molecule has 27 heavy (non-hydrogen) atoms. The SMILES string of the molecule is CC(COc1ccc2c(cnn2-c2ccc(F)cc2)c1)NSC1CCCC1. The van der Waals surface area contributed by atoms with Crippen LogP contribution < -0.4 is 9.46 Å². The Bertz CT molecular complexity index is 890. The molecule has 0 saturated heterocycles. The van der Waals surface area contributed by atoms with E-state index in [1.54, 1.807) is 16.8 Å². The van der Waals surface area contributed by atoms with Crippen LogP contribution in [0.5, 0.6) is 5.75 Å². The fourth-order valence-electron chi connectivity index (χ4n) is 3.36. The Morgan fingerprint density at radius 2 is 2.00 bits per heavy atom. The Hall–Kier alpha value is -2.05. The number of fused-ring (bicyclic) bond motifs is 1. The number of nitrogens with zero attached hydrogens (tertiary/aromatic N) is 2. The van der Waals surface area contributed by atoms with Gasteiger partial charge in [0.25, 0.3) is 0 Å². The van der Waals surface area contributed by atoms with Gasteiger partial charge in [-0.1, -0.05) is 24.8 Å². The van der Waals surface area contributed by atoms with Crippen molar-refractivity contribution < 1.29 is 9.13 Å². The van der Waals surface area contributed by atoms with Crippen LogP contribution in [0.15, 0.2) is 48.7 Å². The lowest BCUT2D eigenvalue weighted by Crippen LogP contribution is -2.28. The van der Waals surface area contributed by atoms with E-state index < -0.39 is 0 Å². The second kappa shape index (κ2) is 8.31. The average Bonchev–Trinajstić information content (AvgIpc) is 3.35. The third-order valence-corrected chi connectivity index (χ3v) is 6.19. The summed E-state index contributed by atoms with van der Waals surface area (Å²) >= 11 is 1.86. The van der Waals surface area contributed by atoms with Gasteiger partial charge in [0.15, 0.2) is 0 Å². The van der Waals surface area contributed by atoms with Crippen LogP contribution >= 0.6 is 11.9 Å². The van der Waals surface area contributed by atoms with Crippen LogP contribution in [0.25, 0.3) is 16.6 Å². The fourth-order valence-corrected chi connectivity index (χ4v) is 4.42. The van der Waals surface area contributed by atoms with E-state index >= 15 is 0 Å². The van der Waals surface area contributed by atoms with Crippen LogP contribution in [0.3, 0.4) is 0 Å². The molecule has 1 aliphatic rings. The fraction of sp³-hybridized carbons (Fsp3) is 0.381. The minimum absolute atomic E-state index is 0.250. The van der Waals surface area contributed by atoms with Crippen LogP contribution in [-0.2, 0) is 0 Å². The first-order valence-corrected chi connectivity index (χ1v) is 10.3. The van der Waals surface area contributed by atoms with Crippen molar-refractivity contribution in [2.45, 2.75) is 43.9 Å². The van der Waals surface area contributed by atoms with E-state index in [2.05, 4.69) is 16.7 Å². The average molecular weight is 386 g/mol. The zero-order chi connectivity index (χ0) is 18.6. The van der Waals surface area contributed by atoms with Gasteiger partial charge in [-0.15, -0.1) is 0 Å². The van der Waals surface area contributed by atoms with Crippen LogP contribution in [0.4, 0.5) is 4.39 Å². The summed E-state index contributed by atoms with van der Waals surface area (Å²) in [6.07, 6.45) is 7.16. The Balaban J connectivity index is 1.38. The molecule has 1 N–H and O–H groups in total. The van der Waals surface area contributed by atoms with Crippen molar-refractivity contribution in [1.82, 2.24) is 14.5 Å². The number of hydrogen-bond acceptors (Lipinski definition) is 4. The molecular formula is C21H24FN3OS. The van der Waals surface area contributed by atoms with Crippen LogP contribution in [0.2, 0.25) is 0 Å². The normalized spacial score (nSPS) is 16.1. The molecule has 4 nitrogen and oxygen atoms in total. The molecule has 3 aromatic rings. The molecule has 142 valence electrons. The van der Waals surface area contributed by atoms with Crippen molar-refractivity contribution in [1.29, 1.82) is 0 Å². The highest BCUT2D eigenvalue weighted by atomic mass is 32.2. The third-order valence-electron chi connectivity index (χ3n) is 4.85. The molecule has 2 aromatic carbocycles. The largest absolute Gasteiger partial charge is 0.492 e. The van der Waals surface area contributed by atoms with Crippen molar-refractivity contribution in [2.24, 2.45) is 0 Å². The molecule has 1 fully saturated rings. The maximum atomic E-state index is 13.1. The topological polar surface area (TPSA) is 39.1 Å². The number of aromatic nitrogens is 2. The Morgan fingerprint density at radius 3 is 2.78 bits per heavy atom. The number of benzene rings is 2. The summed E-state index contributed by atoms with van der Waals surface area (Å²) in [7, 11) is 0. The zero-order valence-electron chi connectivity index (χ0n) is 15.4. The Kier molecular flexibility index (Phi) is 5.64. The second-order valence-electron chi connectivity index (χ2n) is 7.11. The standard InChI is InChI=1S/C21H24FN3OS/c1-15(24-27-20-4-2-3-5-20)14-26-19-10-11-21-16(12-19)13-23-25(21)18-8-6-17(22)7-9-18/h6-13,15,20,24H,2-5,14H2,1H3. The molecule has 1 saturated carbocycles. The number of halogens is 1. The number of hydrogen-bond donors (Lipinski definition) is 1. The summed E-state index contributed by atoms with van der Waals surface area (Å²) in [6, 6.07) is 12.6. The number of ether oxygens (including phenoxy) is 1. The summed E-state index contributed by atoms with van der Waals surface area (Å²) in [6.45, 7) is 2.77. The van der Waals surface area contributed by atoms with Gasteiger partial charge in [0.05, 0.1) is 17.4 Å². The van der Waals surface area contributed by atoms with E-state index in [1.807, 2.05) is 36.3 Å². The van der Waals surface area contributed by atoms with Gasteiger partial charge in [-0.05, 0) is 62.2 Å². The maximum Gasteiger partial charge on any atom is 0.123 e. The molecule has 6 heteroatoms. The summed E-state index contributed by atoms with van der Waals surface area (Å²) < 4.78 is 24.4. The van der Waals surface area contributed by atoms with Gasteiger partial charge in [0, 0.05) is 16.7 Å². The highest BCUT2D eigenvalue weighted by Gasteiger charge is 2.16. The van der Waals surface area contributed by atoms with Gasteiger partial charge in [-0.2, -0.15) is 5.10 Å². The predicted molar refractivity (Wildman–Crippen MR) is 109 cm³/mol. The van der Waals surface area contributed by atoms with E-state index in [1.165, 1.54) is 37.8 Å². The molecule has 0 radical (unpaired) electrons. The lowest BCUT2D eigenvalue weighted by Gasteiger charge is -2.17. The summed E-state index contributed by atoms with van der Waals surface area (Å²) in [5.41, 5.74) is 1.80. The Morgan fingerprint density at radius 1 is 1.22 bits per heavy atom. The van der Waals surface area contributed by atoms with Crippen molar-refractivity contribution in [3.8, 4) is 11.4 Å². The number of rotatable bonds is 7. The van der Waals surface area contributed by atoms with E-state index in [0.29, 0.717) is 6.61 Å². The van der Waals surface area contributed by atoms with Crippen LogP contribution in [0, 0.1) is 5.82 Å². The first kappa shape index (κ1) is 18.3. The monoisotopic (exact) mass is 385 g/mol. The van der Waals surface area contributed by atoms with Gasteiger partial charge in [-0.25, -0.2) is 9.07 Å². The minimum Gasteiger partial charge on any atom is -0.492 e. The van der Waals surface area contributed by atoms with E-state index in [0.717, 1.165) is 27.6 Å². The third kappa shape index (κ3) is 4.45. The molecule has 1 unspecified atom stereocenters. The smallest absolute Gasteiger partial charge is 0.123 e. The zero-order valence-corrected chi connectivity index (χ0v) is 16.2. The van der Waals surface area contributed by atoms with Crippen LogP contribution in [-0.4, -0.2) is 27.7 Å². The molecule has 4 rings (SSSR count). The van der Waals surface area contributed by atoms with Gasteiger partial charge in [-0.3, -0.25) is 4.72 Å². The van der Waals surface area contributed by atoms with Gasteiger partial charge in [0.1, 0.15) is 18.2 Å². The van der Waals surface area contributed by atoms with Gasteiger partial charge >= 0.3 is 0 Å². The molecule has 1 aliphatic carbocycles. The lowest BCUT2D eigenvalue weighted by molar-refractivity contribution is 0.290. The number of nitrogens with one attached hydrogen (secondary N) is 1. The molecule has 1 atom stereocenters. The summed E-state index contributed by atoms with van der Waals surface area (Å²) in [5, 5.41) is 6.18. The van der Waals surface area contributed by atoms with Gasteiger partial charge in [0.2, 0.25) is 0 Å². The van der Waals surface area contributed by atoms with Crippen molar-refractivity contribution in [3.05, 3.63) is 54.5 Å². The summed E-state index contributed by atoms with van der Waals surface area (Å²) in [5.74, 6) is 0.584. The van der Waals surface area contributed by atoms with E-state index in [-0.39, 0.29) is 11.9 Å². The highest BCUT2D eigenvalue weighted by molar-refractivity contribution is 7.98. The predicted octanol–water partition coefficient (Wildman–Crippen LogP) is 5.11. The van der Waals surface area contributed by atoms with E-state index in [4.69, 9.17) is 4.74 Å². The molecule has 0 bridgehead atoms. The highest BCUT2D eigenvalue weighted by Crippen LogP contribution is 2.28. The molecule has 1 heterocycles. The first-order chi connectivity index (χ1) is 13.2. The molecule has 1 aromatic heterocycles. The summed E-state index contributed by atoms with van der Waals surface area (Å²) in [4.78, 5) is 0. The molecule has 0 amide bonds. The quantitative estimate of drug-likeness (QED) is 0.574. The van der Waals surface area contributed by atoms with Crippen LogP contribution in [0.1, 0.15) is 32.6 Å². The minimum atomic E-state index is -0.250. The van der Waals surface area contributed by atoms with Crippen molar-refractivity contribution >= 4 is 22.9 Å². The Labute approximate surface area is 163 Å². The lowest BCUT2D eigenvalue weighted by atomic mass is 10.2. The second-order valence-corrected chi connectivity index (χ2v) is 8.25. The van der Waals surface area contributed by atoms with Crippen molar-refractivity contribution in [3.63, 3.8) is 0 Å². The molecule has 0 spiro atoms.